The molecular weight excluding hydrogens is 461 g/mol. The van der Waals surface area contributed by atoms with Crippen LogP contribution in [0.4, 0.5) is 5.69 Å². The van der Waals surface area contributed by atoms with Gasteiger partial charge in [-0.15, -0.1) is 11.3 Å². The van der Waals surface area contributed by atoms with Gasteiger partial charge in [-0.1, -0.05) is 47.1 Å². The molecule has 4 aromatic rings. The minimum atomic E-state index is -0.185. The lowest BCUT2D eigenvalue weighted by Crippen LogP contribution is -2.28. The number of benzene rings is 2. The number of fused-ring (bicyclic) bond motifs is 1. The third-order valence-electron chi connectivity index (χ3n) is 4.41. The van der Waals surface area contributed by atoms with Crippen LogP contribution in [0.25, 0.3) is 15.9 Å². The second-order valence-electron chi connectivity index (χ2n) is 6.37. The first kappa shape index (κ1) is 20.9. The van der Waals surface area contributed by atoms with Crippen LogP contribution < -0.4 is 10.5 Å². The van der Waals surface area contributed by atoms with Crippen LogP contribution in [0, 0.1) is 0 Å². The number of amides is 1. The highest BCUT2D eigenvalue weighted by atomic mass is 35.5. The topological polar surface area (TPSA) is 55.2 Å². The van der Waals surface area contributed by atoms with Crippen LogP contribution in [0.2, 0.25) is 10.0 Å². The largest absolute Gasteiger partial charge is 0.315 e. The van der Waals surface area contributed by atoms with E-state index in [9.17, 15) is 9.59 Å². The first-order valence-corrected chi connectivity index (χ1v) is 11.5. The van der Waals surface area contributed by atoms with Gasteiger partial charge in [-0.2, -0.15) is 0 Å². The van der Waals surface area contributed by atoms with Crippen molar-refractivity contribution < 1.29 is 4.79 Å². The Bertz CT molecular complexity index is 1300. The molecule has 5 nitrogen and oxygen atoms in total. The Morgan fingerprint density at radius 1 is 1.13 bits per heavy atom. The number of rotatable bonds is 5. The van der Waals surface area contributed by atoms with Gasteiger partial charge in [0.15, 0.2) is 5.16 Å². The summed E-state index contributed by atoms with van der Waals surface area (Å²) in [5.74, 6) is -0.0364. The average Bonchev–Trinajstić information content (AvgIpc) is 3.20. The third-order valence-corrected chi connectivity index (χ3v) is 6.70. The standard InChI is InChI=1S/C21H15Cl2N3O2S2/c1-25(15-6-2-4-13(22)10-15)18(27)12-30-21-24-17-8-9-29-19(17)20(28)26(21)16-7-3-5-14(23)11-16/h2-11H,12H2,1H3. The zero-order valence-corrected chi connectivity index (χ0v) is 18.9. The van der Waals surface area contributed by atoms with Crippen molar-refractivity contribution in [3.8, 4) is 5.69 Å². The van der Waals surface area contributed by atoms with E-state index >= 15 is 0 Å². The fraction of sp³-hybridized carbons (Fsp3) is 0.0952. The van der Waals surface area contributed by atoms with Gasteiger partial charge < -0.3 is 4.90 Å². The van der Waals surface area contributed by atoms with Crippen LogP contribution >= 0.6 is 46.3 Å². The number of carbonyl (C=O) groups excluding carboxylic acids is 1. The van der Waals surface area contributed by atoms with Crippen LogP contribution in [-0.4, -0.2) is 28.3 Å². The van der Waals surface area contributed by atoms with Crippen molar-refractivity contribution in [3.05, 3.63) is 80.4 Å². The van der Waals surface area contributed by atoms with Crippen molar-refractivity contribution in [1.82, 2.24) is 9.55 Å². The molecule has 0 aliphatic rings. The molecule has 0 unspecified atom stereocenters. The van der Waals surface area contributed by atoms with Crippen molar-refractivity contribution in [3.63, 3.8) is 0 Å². The van der Waals surface area contributed by atoms with E-state index in [4.69, 9.17) is 23.2 Å². The molecule has 2 aromatic carbocycles. The molecule has 0 fully saturated rings. The average molecular weight is 476 g/mol. The Balaban J connectivity index is 1.67. The highest BCUT2D eigenvalue weighted by Gasteiger charge is 2.18. The zero-order chi connectivity index (χ0) is 21.3. The first-order chi connectivity index (χ1) is 14.4. The molecule has 0 aliphatic carbocycles. The summed E-state index contributed by atoms with van der Waals surface area (Å²) in [5.41, 5.74) is 1.73. The molecule has 0 N–H and O–H groups in total. The Morgan fingerprint density at radius 3 is 2.60 bits per heavy atom. The van der Waals surface area contributed by atoms with Crippen molar-refractivity contribution in [2.45, 2.75) is 5.16 Å². The minimum absolute atomic E-state index is 0.103. The third kappa shape index (κ3) is 4.25. The fourth-order valence-electron chi connectivity index (χ4n) is 2.88. The Kier molecular flexibility index (Phi) is 6.15. The van der Waals surface area contributed by atoms with Gasteiger partial charge in [0.1, 0.15) is 4.70 Å². The van der Waals surface area contributed by atoms with Gasteiger partial charge in [-0.3, -0.25) is 14.2 Å². The van der Waals surface area contributed by atoms with Gasteiger partial charge in [-0.05, 0) is 47.8 Å². The van der Waals surface area contributed by atoms with E-state index in [-0.39, 0.29) is 17.2 Å². The number of thioether (sulfide) groups is 1. The molecule has 2 aromatic heterocycles. The number of thiophene rings is 1. The lowest BCUT2D eigenvalue weighted by molar-refractivity contribution is -0.115. The highest BCUT2D eigenvalue weighted by Crippen LogP contribution is 2.26. The van der Waals surface area contributed by atoms with E-state index in [2.05, 4.69) is 4.98 Å². The summed E-state index contributed by atoms with van der Waals surface area (Å²) >= 11 is 14.7. The summed E-state index contributed by atoms with van der Waals surface area (Å²) in [6, 6.07) is 15.9. The van der Waals surface area contributed by atoms with Gasteiger partial charge in [0.2, 0.25) is 5.91 Å². The molecule has 0 radical (unpaired) electrons. The predicted molar refractivity (Wildman–Crippen MR) is 126 cm³/mol. The molecule has 0 bridgehead atoms. The maximum absolute atomic E-state index is 13.1. The first-order valence-electron chi connectivity index (χ1n) is 8.85. The molecule has 4 rings (SSSR count). The molecule has 2 heterocycles. The Hall–Kier alpha value is -2.32. The van der Waals surface area contributed by atoms with Crippen LogP contribution in [0.3, 0.4) is 0 Å². The molecular formula is C21H15Cl2N3O2S2. The predicted octanol–water partition coefficient (Wildman–Crippen LogP) is 5.51. The zero-order valence-electron chi connectivity index (χ0n) is 15.7. The van der Waals surface area contributed by atoms with Gasteiger partial charge in [0, 0.05) is 22.8 Å². The molecule has 0 saturated carbocycles. The van der Waals surface area contributed by atoms with Crippen molar-refractivity contribution in [2.24, 2.45) is 0 Å². The molecule has 0 atom stereocenters. The van der Waals surface area contributed by atoms with Crippen molar-refractivity contribution in [1.29, 1.82) is 0 Å². The molecule has 30 heavy (non-hydrogen) atoms. The van der Waals surface area contributed by atoms with Gasteiger partial charge in [0.25, 0.3) is 5.56 Å². The number of halogens is 2. The smallest absolute Gasteiger partial charge is 0.276 e. The van der Waals surface area contributed by atoms with Gasteiger partial charge >= 0.3 is 0 Å². The lowest BCUT2D eigenvalue weighted by Gasteiger charge is -2.18. The molecule has 1 amide bonds. The monoisotopic (exact) mass is 475 g/mol. The minimum Gasteiger partial charge on any atom is -0.315 e. The molecule has 9 heteroatoms. The maximum atomic E-state index is 13.1. The van der Waals surface area contributed by atoms with E-state index in [0.29, 0.717) is 36.8 Å². The number of nitrogens with zero attached hydrogens (tertiary/aromatic N) is 3. The molecule has 152 valence electrons. The van der Waals surface area contributed by atoms with E-state index in [1.165, 1.54) is 32.6 Å². The number of aromatic nitrogens is 2. The number of anilines is 1. The van der Waals surface area contributed by atoms with Gasteiger partial charge in [0.05, 0.1) is 17.0 Å². The highest BCUT2D eigenvalue weighted by molar-refractivity contribution is 7.99. The van der Waals surface area contributed by atoms with E-state index in [1.807, 2.05) is 11.4 Å². The van der Waals surface area contributed by atoms with Crippen molar-refractivity contribution >= 4 is 68.1 Å². The van der Waals surface area contributed by atoms with Crippen LogP contribution in [-0.2, 0) is 4.79 Å². The lowest BCUT2D eigenvalue weighted by atomic mass is 10.3. The molecule has 0 aliphatic heterocycles. The van der Waals surface area contributed by atoms with Crippen molar-refractivity contribution in [2.75, 3.05) is 17.7 Å². The number of hydrogen-bond donors (Lipinski definition) is 0. The second-order valence-corrected chi connectivity index (χ2v) is 9.10. The van der Waals surface area contributed by atoms with Crippen LogP contribution in [0.5, 0.6) is 0 Å². The van der Waals surface area contributed by atoms with E-state index < -0.39 is 0 Å². The molecule has 0 saturated heterocycles. The van der Waals surface area contributed by atoms with Crippen LogP contribution in [0.15, 0.2) is 69.9 Å². The summed E-state index contributed by atoms with van der Waals surface area (Å²) in [7, 11) is 1.69. The summed E-state index contributed by atoms with van der Waals surface area (Å²) in [6.45, 7) is 0. The quantitative estimate of drug-likeness (QED) is 0.282. The fourth-order valence-corrected chi connectivity index (χ4v) is 4.94. The molecule has 0 spiro atoms. The Labute approximate surface area is 190 Å². The number of carbonyl (C=O) groups is 1. The van der Waals surface area contributed by atoms with E-state index in [1.54, 1.807) is 55.6 Å². The van der Waals surface area contributed by atoms with Gasteiger partial charge in [-0.25, -0.2) is 4.98 Å². The maximum Gasteiger partial charge on any atom is 0.276 e. The summed E-state index contributed by atoms with van der Waals surface area (Å²) in [5, 5.41) is 3.33. The SMILES string of the molecule is CN(C(=O)CSc1nc2ccsc2c(=O)n1-c1cccc(Cl)c1)c1cccc(Cl)c1. The summed E-state index contributed by atoms with van der Waals surface area (Å²) in [6.07, 6.45) is 0. The summed E-state index contributed by atoms with van der Waals surface area (Å²) < 4.78 is 2.06. The van der Waals surface area contributed by atoms with E-state index in [0.717, 1.165) is 0 Å². The Morgan fingerprint density at radius 2 is 1.87 bits per heavy atom. The second kappa shape index (κ2) is 8.81. The normalized spacial score (nSPS) is 11.0. The summed E-state index contributed by atoms with van der Waals surface area (Å²) in [4.78, 5) is 32.0. The number of hydrogen-bond acceptors (Lipinski definition) is 5. The van der Waals surface area contributed by atoms with Crippen LogP contribution in [0.1, 0.15) is 0 Å².